The summed E-state index contributed by atoms with van der Waals surface area (Å²) in [5, 5.41) is 2.28. The zero-order chi connectivity index (χ0) is 14.2. The third-order valence-electron chi connectivity index (χ3n) is 2.81. The lowest BCUT2D eigenvalue weighted by molar-refractivity contribution is 0.110. The first-order valence-electron chi connectivity index (χ1n) is 6.62. The molecule has 0 aliphatic carbocycles. The first-order valence-corrected chi connectivity index (χ1v) is 7.16. The first-order chi connectivity index (χ1) is 9.83. The number of alkyl halides is 1. The van der Waals surface area contributed by atoms with E-state index in [1.165, 1.54) is 0 Å². The third-order valence-corrected chi connectivity index (χ3v) is 2.95. The topological polar surface area (TPSA) is 18.5 Å². The molecule has 0 atom stereocenters. The molecule has 0 N–H and O–H groups in total. The highest BCUT2D eigenvalue weighted by Crippen LogP contribution is 2.21. The fraction of sp³-hybridized carbons (Fsp3) is 0.294. The maximum Gasteiger partial charge on any atom is 0.120 e. The average molecular weight is 289 g/mol. The molecule has 0 aromatic heterocycles. The second-order valence-corrected chi connectivity index (χ2v) is 4.47. The van der Waals surface area contributed by atoms with E-state index < -0.39 is 0 Å². The summed E-state index contributed by atoms with van der Waals surface area (Å²) in [5.41, 5.74) is 0.975. The lowest BCUT2D eigenvalue weighted by atomic mass is 10.1. The van der Waals surface area contributed by atoms with Crippen LogP contribution >= 0.6 is 11.6 Å². The summed E-state index contributed by atoms with van der Waals surface area (Å²) in [7, 11) is 0. The van der Waals surface area contributed by atoms with E-state index in [1.807, 2.05) is 37.3 Å². The van der Waals surface area contributed by atoms with Gasteiger partial charge >= 0.3 is 0 Å². The Balaban J connectivity index is 2.10. The maximum absolute atomic E-state index is 5.64. The molecular formula is C17H17ClO2. The quantitative estimate of drug-likeness (QED) is 0.473. The molecule has 0 unspecified atom stereocenters. The van der Waals surface area contributed by atoms with E-state index in [0.717, 1.165) is 22.1 Å². The van der Waals surface area contributed by atoms with Crippen molar-refractivity contribution in [1.82, 2.24) is 0 Å². The predicted octanol–water partition coefficient (Wildman–Crippen LogP) is 3.85. The molecule has 0 amide bonds. The van der Waals surface area contributed by atoms with Crippen LogP contribution in [0.1, 0.15) is 12.5 Å². The molecule has 104 valence electrons. The Morgan fingerprint density at radius 3 is 2.65 bits per heavy atom. The SMILES string of the molecule is CCOCCOc1ccc2cc(C#CCCl)ccc2c1. The van der Waals surface area contributed by atoms with Gasteiger partial charge in [-0.1, -0.05) is 24.0 Å². The van der Waals surface area contributed by atoms with Crippen LogP contribution in [0.25, 0.3) is 10.8 Å². The monoisotopic (exact) mass is 288 g/mol. The number of ether oxygens (including phenoxy) is 2. The molecule has 0 aliphatic rings. The summed E-state index contributed by atoms with van der Waals surface area (Å²) < 4.78 is 10.9. The highest BCUT2D eigenvalue weighted by molar-refractivity contribution is 6.19. The van der Waals surface area contributed by atoms with Crippen molar-refractivity contribution < 1.29 is 9.47 Å². The number of hydrogen-bond donors (Lipinski definition) is 0. The van der Waals surface area contributed by atoms with Gasteiger partial charge < -0.3 is 9.47 Å². The van der Waals surface area contributed by atoms with Gasteiger partial charge in [0.25, 0.3) is 0 Å². The van der Waals surface area contributed by atoms with Crippen LogP contribution in [0.3, 0.4) is 0 Å². The van der Waals surface area contributed by atoms with Gasteiger partial charge in [0.05, 0.1) is 12.5 Å². The molecule has 0 saturated carbocycles. The van der Waals surface area contributed by atoms with Crippen molar-refractivity contribution in [1.29, 1.82) is 0 Å². The van der Waals surface area contributed by atoms with Crippen LogP contribution in [0.2, 0.25) is 0 Å². The zero-order valence-electron chi connectivity index (χ0n) is 11.5. The van der Waals surface area contributed by atoms with Gasteiger partial charge in [-0.05, 0) is 42.0 Å². The average Bonchev–Trinajstić information content (AvgIpc) is 2.49. The summed E-state index contributed by atoms with van der Waals surface area (Å²) in [4.78, 5) is 0. The molecular weight excluding hydrogens is 272 g/mol. The van der Waals surface area contributed by atoms with E-state index in [-0.39, 0.29) is 0 Å². The van der Waals surface area contributed by atoms with Gasteiger partial charge in [0.15, 0.2) is 0 Å². The zero-order valence-corrected chi connectivity index (χ0v) is 12.2. The number of hydrogen-bond acceptors (Lipinski definition) is 2. The Kier molecular flexibility index (Phi) is 5.73. The van der Waals surface area contributed by atoms with E-state index in [1.54, 1.807) is 0 Å². The van der Waals surface area contributed by atoms with Crippen LogP contribution in [0.5, 0.6) is 5.75 Å². The molecule has 0 fully saturated rings. The van der Waals surface area contributed by atoms with Gasteiger partial charge in [-0.2, -0.15) is 0 Å². The molecule has 0 heterocycles. The van der Waals surface area contributed by atoms with Crippen molar-refractivity contribution in [2.75, 3.05) is 25.7 Å². The Morgan fingerprint density at radius 2 is 1.85 bits per heavy atom. The molecule has 3 heteroatoms. The summed E-state index contributed by atoms with van der Waals surface area (Å²) in [6, 6.07) is 12.1. The fourth-order valence-corrected chi connectivity index (χ4v) is 1.96. The van der Waals surface area contributed by atoms with E-state index in [4.69, 9.17) is 21.1 Å². The normalized spacial score (nSPS) is 10.1. The Morgan fingerprint density at radius 1 is 1.05 bits per heavy atom. The van der Waals surface area contributed by atoms with Crippen LogP contribution in [0, 0.1) is 11.8 Å². The highest BCUT2D eigenvalue weighted by atomic mass is 35.5. The standard InChI is InChI=1S/C17H17ClO2/c1-2-19-10-11-20-17-8-7-15-12-14(4-3-9-18)5-6-16(15)13-17/h5-8,12-13H,2,9-11H2,1H3. The predicted molar refractivity (Wildman–Crippen MR) is 83.5 cm³/mol. The van der Waals surface area contributed by atoms with Crippen molar-refractivity contribution in [2.45, 2.75) is 6.92 Å². The van der Waals surface area contributed by atoms with Crippen molar-refractivity contribution in [3.63, 3.8) is 0 Å². The largest absolute Gasteiger partial charge is 0.491 e. The van der Waals surface area contributed by atoms with Crippen molar-refractivity contribution in [3.05, 3.63) is 42.0 Å². The lowest BCUT2D eigenvalue weighted by Gasteiger charge is -2.07. The molecule has 0 radical (unpaired) electrons. The van der Waals surface area contributed by atoms with Crippen molar-refractivity contribution in [3.8, 4) is 17.6 Å². The maximum atomic E-state index is 5.64. The van der Waals surface area contributed by atoms with Crippen molar-refractivity contribution >= 4 is 22.4 Å². The number of rotatable bonds is 5. The van der Waals surface area contributed by atoms with Gasteiger partial charge in [-0.25, -0.2) is 0 Å². The second-order valence-electron chi connectivity index (χ2n) is 4.20. The van der Waals surface area contributed by atoms with Crippen LogP contribution in [-0.4, -0.2) is 25.7 Å². The van der Waals surface area contributed by atoms with Gasteiger partial charge in [0.2, 0.25) is 0 Å². The van der Waals surface area contributed by atoms with Crippen molar-refractivity contribution in [2.24, 2.45) is 0 Å². The van der Waals surface area contributed by atoms with Crippen LogP contribution < -0.4 is 4.74 Å². The molecule has 0 saturated heterocycles. The number of halogens is 1. The number of fused-ring (bicyclic) bond motifs is 1. The minimum atomic E-state index is 0.352. The van der Waals surface area contributed by atoms with Crippen LogP contribution in [0.4, 0.5) is 0 Å². The minimum absolute atomic E-state index is 0.352. The molecule has 0 bridgehead atoms. The lowest BCUT2D eigenvalue weighted by Crippen LogP contribution is -2.06. The Labute approximate surface area is 124 Å². The molecule has 2 aromatic carbocycles. The molecule has 2 rings (SSSR count). The van der Waals surface area contributed by atoms with E-state index >= 15 is 0 Å². The second kappa shape index (κ2) is 7.79. The fourth-order valence-electron chi connectivity index (χ4n) is 1.89. The summed E-state index contributed by atoms with van der Waals surface area (Å²) >= 11 is 5.56. The Hall–Kier alpha value is -1.69. The molecule has 0 aliphatic heterocycles. The molecule has 2 nitrogen and oxygen atoms in total. The Bertz CT molecular complexity index is 626. The van der Waals surface area contributed by atoms with Crippen LogP contribution in [0.15, 0.2) is 36.4 Å². The summed E-state index contributed by atoms with van der Waals surface area (Å²) in [5.74, 6) is 7.09. The summed E-state index contributed by atoms with van der Waals surface area (Å²) in [6.45, 7) is 3.87. The van der Waals surface area contributed by atoms with E-state index in [0.29, 0.717) is 25.7 Å². The third kappa shape index (κ3) is 4.16. The van der Waals surface area contributed by atoms with Gasteiger partial charge in [0, 0.05) is 12.2 Å². The van der Waals surface area contributed by atoms with E-state index in [9.17, 15) is 0 Å². The minimum Gasteiger partial charge on any atom is -0.491 e. The van der Waals surface area contributed by atoms with Gasteiger partial charge in [0.1, 0.15) is 12.4 Å². The molecule has 2 aromatic rings. The van der Waals surface area contributed by atoms with Crippen LogP contribution in [-0.2, 0) is 4.74 Å². The molecule has 20 heavy (non-hydrogen) atoms. The van der Waals surface area contributed by atoms with Gasteiger partial charge in [-0.15, -0.1) is 11.6 Å². The first kappa shape index (κ1) is 14.7. The van der Waals surface area contributed by atoms with E-state index in [2.05, 4.69) is 17.9 Å². The number of benzene rings is 2. The highest BCUT2D eigenvalue weighted by Gasteiger charge is 1.99. The smallest absolute Gasteiger partial charge is 0.120 e. The van der Waals surface area contributed by atoms with Gasteiger partial charge in [-0.3, -0.25) is 0 Å². The summed E-state index contributed by atoms with van der Waals surface area (Å²) in [6.07, 6.45) is 0. The molecule has 0 spiro atoms.